The highest BCUT2D eigenvalue weighted by Gasteiger charge is 2.30. The van der Waals surface area contributed by atoms with E-state index in [9.17, 15) is 10.1 Å². The van der Waals surface area contributed by atoms with Crippen molar-refractivity contribution in [3.8, 4) is 17.2 Å². The Labute approximate surface area is 224 Å². The number of nitrogens with zero attached hydrogens (tertiary/aromatic N) is 2. The van der Waals surface area contributed by atoms with Gasteiger partial charge in [-0.1, -0.05) is 110 Å². The van der Waals surface area contributed by atoms with E-state index >= 15 is 0 Å². The molecule has 0 unspecified atom stereocenters. The molecule has 188 valence electrons. The molecule has 0 saturated heterocycles. The van der Waals surface area contributed by atoms with Crippen LogP contribution in [0.2, 0.25) is 0 Å². The topological polar surface area (TPSA) is 53.3 Å². The summed E-state index contributed by atoms with van der Waals surface area (Å²) in [5, 5.41) is 9.49. The number of carbonyl (C=O) groups is 1. The third-order valence-electron chi connectivity index (χ3n) is 6.32. The van der Waals surface area contributed by atoms with Crippen LogP contribution in [0.5, 0.6) is 0 Å². The van der Waals surface area contributed by atoms with E-state index in [0.29, 0.717) is 12.1 Å². The van der Waals surface area contributed by atoms with Crippen LogP contribution in [0.25, 0.3) is 11.1 Å². The standard InChI is InChI=1S/C31H35BrN2O2/c1-4-5-11-18-34(30(23(2)3)31(35)36-22-24-12-7-6-8-13-24)21-27-17-16-25(19-29(27)32)28-15-10-9-14-26(28)20-33/h6-10,12-17,19,23,30H,4-5,11,18,21-22H2,1-3H3/t30-/m0/s1. The number of nitriles is 1. The lowest BCUT2D eigenvalue weighted by Gasteiger charge is -2.33. The molecule has 0 aliphatic heterocycles. The van der Waals surface area contributed by atoms with Crippen molar-refractivity contribution in [2.45, 2.75) is 59.2 Å². The molecule has 0 fully saturated rings. The van der Waals surface area contributed by atoms with Gasteiger partial charge in [-0.25, -0.2) is 0 Å². The molecule has 0 bridgehead atoms. The third kappa shape index (κ3) is 7.53. The summed E-state index contributed by atoms with van der Waals surface area (Å²) < 4.78 is 6.75. The molecular weight excluding hydrogens is 512 g/mol. The van der Waals surface area contributed by atoms with Gasteiger partial charge in [0.25, 0.3) is 0 Å². The Morgan fingerprint density at radius 2 is 1.75 bits per heavy atom. The lowest BCUT2D eigenvalue weighted by atomic mass is 9.98. The van der Waals surface area contributed by atoms with E-state index in [4.69, 9.17) is 4.74 Å². The Morgan fingerprint density at radius 3 is 2.42 bits per heavy atom. The van der Waals surface area contributed by atoms with E-state index in [1.165, 1.54) is 0 Å². The summed E-state index contributed by atoms with van der Waals surface area (Å²) in [7, 11) is 0. The van der Waals surface area contributed by atoms with E-state index in [0.717, 1.165) is 52.5 Å². The van der Waals surface area contributed by atoms with Crippen molar-refractivity contribution in [2.24, 2.45) is 5.92 Å². The van der Waals surface area contributed by atoms with Gasteiger partial charge in [0.05, 0.1) is 11.6 Å². The first kappa shape index (κ1) is 27.6. The lowest BCUT2D eigenvalue weighted by molar-refractivity contribution is -0.153. The predicted molar refractivity (Wildman–Crippen MR) is 149 cm³/mol. The van der Waals surface area contributed by atoms with E-state index in [1.54, 1.807) is 0 Å². The highest BCUT2D eigenvalue weighted by Crippen LogP contribution is 2.30. The minimum absolute atomic E-state index is 0.107. The molecule has 3 aromatic rings. The summed E-state index contributed by atoms with van der Waals surface area (Å²) in [4.78, 5) is 15.6. The number of esters is 1. The van der Waals surface area contributed by atoms with Gasteiger partial charge in [0.15, 0.2) is 0 Å². The van der Waals surface area contributed by atoms with Crippen LogP contribution in [-0.4, -0.2) is 23.5 Å². The molecule has 0 N–H and O–H groups in total. The van der Waals surface area contributed by atoms with Crippen LogP contribution in [0.1, 0.15) is 56.7 Å². The Bertz CT molecular complexity index is 1170. The minimum atomic E-state index is -0.337. The Balaban J connectivity index is 1.82. The van der Waals surface area contributed by atoms with Gasteiger partial charge in [-0.05, 0) is 53.3 Å². The van der Waals surface area contributed by atoms with Crippen LogP contribution in [-0.2, 0) is 22.7 Å². The Kier molecular flexibility index (Phi) is 10.7. The van der Waals surface area contributed by atoms with Gasteiger partial charge in [0, 0.05) is 11.0 Å². The van der Waals surface area contributed by atoms with Gasteiger partial charge in [0.2, 0.25) is 0 Å². The fraction of sp³-hybridized carbons (Fsp3) is 0.355. The van der Waals surface area contributed by atoms with Crippen LogP contribution in [0, 0.1) is 17.2 Å². The van der Waals surface area contributed by atoms with Crippen LogP contribution >= 0.6 is 15.9 Å². The first-order valence-corrected chi connectivity index (χ1v) is 13.5. The molecule has 0 amide bonds. The average molecular weight is 548 g/mol. The van der Waals surface area contributed by atoms with Crippen molar-refractivity contribution in [3.63, 3.8) is 0 Å². The average Bonchev–Trinajstić information content (AvgIpc) is 2.89. The number of carbonyl (C=O) groups excluding carboxylic acids is 1. The Hall–Kier alpha value is -2.94. The SMILES string of the molecule is CCCCCN(Cc1ccc(-c2ccccc2C#N)cc1Br)[C@H](C(=O)OCc1ccccc1)C(C)C. The van der Waals surface area contributed by atoms with Crippen molar-refractivity contribution in [3.05, 3.63) is 94.0 Å². The number of hydrogen-bond donors (Lipinski definition) is 0. The molecule has 0 aliphatic rings. The Morgan fingerprint density at radius 1 is 1.03 bits per heavy atom. The number of hydrogen-bond acceptors (Lipinski definition) is 4. The van der Waals surface area contributed by atoms with E-state index in [2.05, 4.69) is 65.9 Å². The summed E-state index contributed by atoms with van der Waals surface area (Å²) >= 11 is 3.76. The molecule has 0 radical (unpaired) electrons. The van der Waals surface area contributed by atoms with Crippen LogP contribution in [0.15, 0.2) is 77.3 Å². The molecule has 3 aromatic carbocycles. The summed E-state index contributed by atoms with van der Waals surface area (Å²) in [6, 6.07) is 25.6. The summed E-state index contributed by atoms with van der Waals surface area (Å²) in [6.07, 6.45) is 3.26. The molecule has 36 heavy (non-hydrogen) atoms. The van der Waals surface area contributed by atoms with Crippen molar-refractivity contribution >= 4 is 21.9 Å². The second-order valence-electron chi connectivity index (χ2n) is 9.42. The molecule has 3 rings (SSSR count). The number of benzene rings is 3. The number of halogens is 1. The molecular formula is C31H35BrN2O2. The second kappa shape index (κ2) is 14.0. The van der Waals surface area contributed by atoms with E-state index < -0.39 is 0 Å². The zero-order valence-corrected chi connectivity index (χ0v) is 23.0. The maximum atomic E-state index is 13.3. The fourth-order valence-corrected chi connectivity index (χ4v) is 4.94. The summed E-state index contributed by atoms with van der Waals surface area (Å²) in [6.45, 7) is 8.09. The second-order valence-corrected chi connectivity index (χ2v) is 10.3. The molecule has 0 aromatic heterocycles. The van der Waals surface area contributed by atoms with Gasteiger partial charge in [-0.15, -0.1) is 0 Å². The van der Waals surface area contributed by atoms with E-state index in [-0.39, 0.29) is 24.5 Å². The van der Waals surface area contributed by atoms with Gasteiger partial charge >= 0.3 is 5.97 Å². The highest BCUT2D eigenvalue weighted by molar-refractivity contribution is 9.10. The number of ether oxygens (including phenoxy) is 1. The largest absolute Gasteiger partial charge is 0.460 e. The maximum Gasteiger partial charge on any atom is 0.323 e. The molecule has 5 heteroatoms. The van der Waals surface area contributed by atoms with Crippen LogP contribution in [0.4, 0.5) is 0 Å². The van der Waals surface area contributed by atoms with Gasteiger partial charge in [-0.2, -0.15) is 5.26 Å². The zero-order valence-electron chi connectivity index (χ0n) is 21.4. The van der Waals surface area contributed by atoms with Crippen molar-refractivity contribution in [1.82, 2.24) is 4.90 Å². The molecule has 0 spiro atoms. The highest BCUT2D eigenvalue weighted by atomic mass is 79.9. The van der Waals surface area contributed by atoms with Crippen molar-refractivity contribution in [1.29, 1.82) is 5.26 Å². The number of unbranched alkanes of at least 4 members (excludes halogenated alkanes) is 2. The maximum absolute atomic E-state index is 13.3. The van der Waals surface area contributed by atoms with Gasteiger partial charge < -0.3 is 4.74 Å². The summed E-state index contributed by atoms with van der Waals surface area (Å²) in [5.74, 6) is -0.0727. The minimum Gasteiger partial charge on any atom is -0.460 e. The van der Waals surface area contributed by atoms with Gasteiger partial charge in [-0.3, -0.25) is 9.69 Å². The first-order valence-electron chi connectivity index (χ1n) is 12.7. The molecule has 0 heterocycles. The lowest BCUT2D eigenvalue weighted by Crippen LogP contribution is -2.45. The summed E-state index contributed by atoms with van der Waals surface area (Å²) in [5.41, 5.74) is 4.65. The third-order valence-corrected chi connectivity index (χ3v) is 7.06. The molecule has 0 aliphatic carbocycles. The molecule has 1 atom stereocenters. The normalized spacial score (nSPS) is 11.9. The predicted octanol–water partition coefficient (Wildman–Crippen LogP) is 7.75. The van der Waals surface area contributed by atoms with Crippen LogP contribution in [0.3, 0.4) is 0 Å². The van der Waals surface area contributed by atoms with Gasteiger partial charge in [0.1, 0.15) is 12.6 Å². The molecule has 0 saturated carbocycles. The molecule has 4 nitrogen and oxygen atoms in total. The van der Waals surface area contributed by atoms with Crippen molar-refractivity contribution < 1.29 is 9.53 Å². The monoisotopic (exact) mass is 546 g/mol. The first-order chi connectivity index (χ1) is 17.4. The zero-order chi connectivity index (χ0) is 25.9. The van der Waals surface area contributed by atoms with Crippen LogP contribution < -0.4 is 0 Å². The van der Waals surface area contributed by atoms with Crippen molar-refractivity contribution in [2.75, 3.05) is 6.54 Å². The fourth-order valence-electron chi connectivity index (χ4n) is 4.43. The van der Waals surface area contributed by atoms with E-state index in [1.807, 2.05) is 54.6 Å². The smallest absolute Gasteiger partial charge is 0.323 e. The quantitative estimate of drug-likeness (QED) is 0.172. The number of rotatable bonds is 12.